The van der Waals surface area contributed by atoms with Gasteiger partial charge < -0.3 is 9.30 Å². The lowest BCUT2D eigenvalue weighted by atomic mass is 10.1. The van der Waals surface area contributed by atoms with E-state index in [0.29, 0.717) is 6.04 Å². The van der Waals surface area contributed by atoms with Gasteiger partial charge in [-0.3, -0.25) is 0 Å². The fraction of sp³-hybridized carbons (Fsp3) is 0.500. The van der Waals surface area contributed by atoms with Crippen LogP contribution in [0.3, 0.4) is 0 Å². The van der Waals surface area contributed by atoms with Crippen molar-refractivity contribution in [1.82, 2.24) is 9.55 Å². The summed E-state index contributed by atoms with van der Waals surface area (Å²) in [6.07, 6.45) is 1.24. The number of hydrogen-bond acceptors (Lipinski definition) is 2. The van der Waals surface area contributed by atoms with Crippen molar-refractivity contribution in [3.63, 3.8) is 0 Å². The fourth-order valence-corrected chi connectivity index (χ4v) is 3.41. The molecule has 0 aliphatic carbocycles. The van der Waals surface area contributed by atoms with Gasteiger partial charge in [0.15, 0.2) is 0 Å². The van der Waals surface area contributed by atoms with Gasteiger partial charge in [0.05, 0.1) is 28.6 Å². The number of halogens is 2. The summed E-state index contributed by atoms with van der Waals surface area (Å²) in [7, 11) is 0. The number of aromatic nitrogens is 2. The van der Waals surface area contributed by atoms with Crippen LogP contribution in [0.2, 0.25) is 0 Å². The molecule has 1 aliphatic heterocycles. The van der Waals surface area contributed by atoms with E-state index in [0.717, 1.165) is 29.9 Å². The summed E-state index contributed by atoms with van der Waals surface area (Å²) < 4.78 is 9.18. The lowest BCUT2D eigenvalue weighted by Gasteiger charge is -2.20. The van der Waals surface area contributed by atoms with Gasteiger partial charge in [-0.05, 0) is 61.1 Å². The average molecular weight is 391 g/mol. The molecule has 0 spiro atoms. The van der Waals surface area contributed by atoms with Gasteiger partial charge in [0, 0.05) is 10.2 Å². The molecular formula is C14H16ClIN2O. The molecule has 3 unspecified atom stereocenters. The molecule has 1 aromatic heterocycles. The molecule has 3 nitrogen and oxygen atoms in total. The molecule has 0 N–H and O–H groups in total. The quantitative estimate of drug-likeness (QED) is 0.565. The Morgan fingerprint density at radius 2 is 2.32 bits per heavy atom. The highest BCUT2D eigenvalue weighted by Crippen LogP contribution is 2.34. The lowest BCUT2D eigenvalue weighted by Crippen LogP contribution is -2.19. The zero-order valence-corrected chi connectivity index (χ0v) is 13.9. The van der Waals surface area contributed by atoms with E-state index in [9.17, 15) is 0 Å². The molecule has 2 aromatic rings. The molecule has 0 bridgehead atoms. The first-order chi connectivity index (χ1) is 9.08. The van der Waals surface area contributed by atoms with Crippen LogP contribution >= 0.6 is 34.2 Å². The minimum atomic E-state index is -0.0992. The van der Waals surface area contributed by atoms with Crippen LogP contribution in [0.1, 0.15) is 37.5 Å². The molecule has 3 atom stereocenters. The molecule has 1 fully saturated rings. The summed E-state index contributed by atoms with van der Waals surface area (Å²) in [5, 5.41) is -0.0992. The van der Waals surface area contributed by atoms with Crippen molar-refractivity contribution in [3.8, 4) is 0 Å². The lowest BCUT2D eigenvalue weighted by molar-refractivity contribution is 0.108. The van der Waals surface area contributed by atoms with Gasteiger partial charge in [0.25, 0.3) is 0 Å². The first kappa shape index (κ1) is 13.6. The van der Waals surface area contributed by atoms with Gasteiger partial charge in [-0.2, -0.15) is 0 Å². The Bertz CT molecular complexity index is 611. The van der Waals surface area contributed by atoms with Crippen molar-refractivity contribution in [2.75, 3.05) is 6.61 Å². The third-order valence-electron chi connectivity index (χ3n) is 3.70. The summed E-state index contributed by atoms with van der Waals surface area (Å²) in [6, 6.07) is 6.69. The van der Waals surface area contributed by atoms with Crippen molar-refractivity contribution in [3.05, 3.63) is 27.6 Å². The maximum atomic E-state index is 6.32. The third kappa shape index (κ3) is 2.38. The summed E-state index contributed by atoms with van der Waals surface area (Å²) in [6.45, 7) is 4.91. The highest BCUT2D eigenvalue weighted by atomic mass is 127. The van der Waals surface area contributed by atoms with E-state index in [4.69, 9.17) is 21.3 Å². The van der Waals surface area contributed by atoms with Crippen LogP contribution in [0.5, 0.6) is 0 Å². The highest BCUT2D eigenvalue weighted by molar-refractivity contribution is 14.1. The van der Waals surface area contributed by atoms with Crippen molar-refractivity contribution < 1.29 is 4.74 Å². The minimum Gasteiger partial charge on any atom is -0.376 e. The summed E-state index contributed by atoms with van der Waals surface area (Å²) in [4.78, 5) is 4.72. The Labute approximate surface area is 131 Å². The molecule has 102 valence electrons. The molecule has 2 heterocycles. The van der Waals surface area contributed by atoms with Crippen LogP contribution in [0, 0.1) is 3.57 Å². The van der Waals surface area contributed by atoms with Crippen LogP contribution in [-0.4, -0.2) is 22.3 Å². The molecule has 5 heteroatoms. The van der Waals surface area contributed by atoms with Gasteiger partial charge >= 0.3 is 0 Å². The van der Waals surface area contributed by atoms with Crippen LogP contribution in [0.4, 0.5) is 0 Å². The number of benzene rings is 1. The Morgan fingerprint density at radius 1 is 1.53 bits per heavy atom. The average Bonchev–Trinajstić information content (AvgIpc) is 2.91. The van der Waals surface area contributed by atoms with Crippen molar-refractivity contribution in [2.45, 2.75) is 37.8 Å². The maximum absolute atomic E-state index is 6.32. The molecule has 0 amide bonds. The number of imidazole rings is 1. The number of fused-ring (bicyclic) bond motifs is 1. The van der Waals surface area contributed by atoms with E-state index >= 15 is 0 Å². The Morgan fingerprint density at radius 3 is 2.95 bits per heavy atom. The van der Waals surface area contributed by atoms with Gasteiger partial charge in [-0.25, -0.2) is 4.98 Å². The van der Waals surface area contributed by atoms with E-state index < -0.39 is 0 Å². The smallest absolute Gasteiger partial charge is 0.128 e. The summed E-state index contributed by atoms with van der Waals surface area (Å²) in [5.74, 6) is 0.945. The normalized spacial score (nSPS) is 25.1. The van der Waals surface area contributed by atoms with E-state index in [1.165, 1.54) is 3.57 Å². The van der Waals surface area contributed by atoms with E-state index in [-0.39, 0.29) is 11.5 Å². The van der Waals surface area contributed by atoms with Crippen LogP contribution in [-0.2, 0) is 4.74 Å². The van der Waals surface area contributed by atoms with E-state index in [2.05, 4.69) is 52.3 Å². The Kier molecular flexibility index (Phi) is 3.75. The number of rotatable bonds is 2. The number of alkyl halides is 1. The standard InChI is InChI=1S/C14H16ClIN2O/c1-8(15)14-17-11-7-10(16)3-4-13(11)18(14)12-5-6-19-9(12)2/h3-4,7-9,12H,5-6H2,1-2H3. The van der Waals surface area contributed by atoms with Gasteiger partial charge in [-0.1, -0.05) is 0 Å². The Hall–Kier alpha value is -0.330. The first-order valence-electron chi connectivity index (χ1n) is 6.51. The molecule has 1 aromatic carbocycles. The fourth-order valence-electron chi connectivity index (χ4n) is 2.78. The molecule has 0 saturated carbocycles. The molecule has 3 rings (SSSR count). The molecule has 1 aliphatic rings. The zero-order chi connectivity index (χ0) is 13.6. The molecule has 1 saturated heterocycles. The van der Waals surface area contributed by atoms with Crippen LogP contribution in [0.15, 0.2) is 18.2 Å². The van der Waals surface area contributed by atoms with E-state index in [1.54, 1.807) is 0 Å². The summed E-state index contributed by atoms with van der Waals surface area (Å²) in [5.41, 5.74) is 2.18. The second-order valence-electron chi connectivity index (χ2n) is 5.02. The molecule has 19 heavy (non-hydrogen) atoms. The van der Waals surface area contributed by atoms with E-state index in [1.807, 2.05) is 6.92 Å². The largest absolute Gasteiger partial charge is 0.376 e. The van der Waals surface area contributed by atoms with Gasteiger partial charge in [-0.15, -0.1) is 11.6 Å². The molecule has 0 radical (unpaired) electrons. The van der Waals surface area contributed by atoms with Gasteiger partial charge in [0.1, 0.15) is 5.82 Å². The topological polar surface area (TPSA) is 27.1 Å². The molecular weight excluding hydrogens is 375 g/mol. The van der Waals surface area contributed by atoms with Crippen LogP contribution in [0.25, 0.3) is 11.0 Å². The summed E-state index contributed by atoms with van der Waals surface area (Å²) >= 11 is 8.63. The monoisotopic (exact) mass is 390 g/mol. The number of nitrogens with zero attached hydrogens (tertiary/aromatic N) is 2. The first-order valence-corrected chi connectivity index (χ1v) is 8.02. The second-order valence-corrected chi connectivity index (χ2v) is 6.92. The third-order valence-corrected chi connectivity index (χ3v) is 4.57. The van der Waals surface area contributed by atoms with Crippen molar-refractivity contribution in [1.29, 1.82) is 0 Å². The SMILES string of the molecule is CC(Cl)c1nc2cc(I)ccc2n1C1CCOC1C. The minimum absolute atomic E-state index is 0.0992. The number of ether oxygens (including phenoxy) is 1. The maximum Gasteiger partial charge on any atom is 0.128 e. The highest BCUT2D eigenvalue weighted by Gasteiger charge is 2.30. The second kappa shape index (κ2) is 5.22. The van der Waals surface area contributed by atoms with Gasteiger partial charge in [0.2, 0.25) is 0 Å². The predicted molar refractivity (Wildman–Crippen MR) is 85.8 cm³/mol. The number of hydrogen-bond donors (Lipinski definition) is 0. The van der Waals surface area contributed by atoms with Crippen molar-refractivity contribution in [2.24, 2.45) is 0 Å². The Balaban J connectivity index is 2.22. The zero-order valence-electron chi connectivity index (χ0n) is 10.9. The predicted octanol–water partition coefficient (Wildman–Crippen LogP) is 4.29. The van der Waals surface area contributed by atoms with Crippen LogP contribution < -0.4 is 0 Å². The van der Waals surface area contributed by atoms with Crippen molar-refractivity contribution >= 4 is 45.2 Å².